The topological polar surface area (TPSA) is 0 Å². The molecule has 0 saturated carbocycles. The van der Waals surface area contributed by atoms with Crippen molar-refractivity contribution >= 4 is 15.9 Å². The van der Waals surface area contributed by atoms with E-state index in [9.17, 15) is 4.39 Å². The van der Waals surface area contributed by atoms with Crippen LogP contribution in [0.3, 0.4) is 0 Å². The van der Waals surface area contributed by atoms with Gasteiger partial charge >= 0.3 is 0 Å². The summed E-state index contributed by atoms with van der Waals surface area (Å²) < 4.78 is 13.1. The third-order valence-electron chi connectivity index (χ3n) is 3.59. The molecule has 2 rings (SSSR count). The van der Waals surface area contributed by atoms with Gasteiger partial charge in [-0.1, -0.05) is 46.3 Å². The van der Waals surface area contributed by atoms with Crippen LogP contribution < -0.4 is 0 Å². The molecule has 2 aromatic rings. The molecular weight excluding hydrogens is 303 g/mol. The van der Waals surface area contributed by atoms with E-state index in [0.717, 1.165) is 17.3 Å². The van der Waals surface area contributed by atoms with Gasteiger partial charge in [0.2, 0.25) is 0 Å². The van der Waals surface area contributed by atoms with Gasteiger partial charge in [0.05, 0.1) is 0 Å². The summed E-state index contributed by atoms with van der Waals surface area (Å²) >= 11 is 3.61. The summed E-state index contributed by atoms with van der Waals surface area (Å²) in [6.07, 6.45) is 0.933. The number of hydrogen-bond acceptors (Lipinski definition) is 0. The minimum Gasteiger partial charge on any atom is -0.207 e. The van der Waals surface area contributed by atoms with Gasteiger partial charge in [0.15, 0.2) is 0 Å². The highest BCUT2D eigenvalue weighted by atomic mass is 79.9. The van der Waals surface area contributed by atoms with E-state index in [1.54, 1.807) is 12.1 Å². The molecule has 2 aromatic carbocycles. The monoisotopic (exact) mass is 320 g/mol. The fraction of sp³-hybridized carbons (Fsp3) is 0.294. The van der Waals surface area contributed by atoms with E-state index >= 15 is 0 Å². The molecule has 0 heterocycles. The van der Waals surface area contributed by atoms with Crippen LogP contribution in [-0.4, -0.2) is 5.33 Å². The molecule has 1 unspecified atom stereocenters. The van der Waals surface area contributed by atoms with E-state index in [4.69, 9.17) is 0 Å². The first kappa shape index (κ1) is 14.3. The second kappa shape index (κ2) is 6.33. The van der Waals surface area contributed by atoms with Gasteiger partial charge in [-0.25, -0.2) is 4.39 Å². The summed E-state index contributed by atoms with van der Waals surface area (Å²) in [5, 5.41) is 0.911. The number of hydrogen-bond donors (Lipinski definition) is 0. The first-order valence-corrected chi connectivity index (χ1v) is 7.60. The van der Waals surface area contributed by atoms with E-state index in [2.05, 4.69) is 47.1 Å². The zero-order valence-electron chi connectivity index (χ0n) is 11.3. The van der Waals surface area contributed by atoms with Crippen molar-refractivity contribution in [3.05, 3.63) is 70.5 Å². The molecule has 0 aliphatic carbocycles. The van der Waals surface area contributed by atoms with Crippen molar-refractivity contribution in [3.8, 4) is 0 Å². The normalized spacial score (nSPS) is 12.4. The predicted octanol–water partition coefficient (Wildman–Crippen LogP) is 5.16. The lowest BCUT2D eigenvalue weighted by atomic mass is 9.89. The zero-order valence-corrected chi connectivity index (χ0v) is 12.9. The van der Waals surface area contributed by atoms with Crippen molar-refractivity contribution in [1.29, 1.82) is 0 Å². The number of halogens is 2. The lowest BCUT2D eigenvalue weighted by Crippen LogP contribution is -2.07. The molecule has 19 heavy (non-hydrogen) atoms. The molecule has 100 valence electrons. The lowest BCUT2D eigenvalue weighted by Gasteiger charge is -2.18. The third-order valence-corrected chi connectivity index (χ3v) is 4.37. The Labute approximate surface area is 122 Å². The van der Waals surface area contributed by atoms with Crippen molar-refractivity contribution in [2.75, 3.05) is 5.33 Å². The summed E-state index contributed by atoms with van der Waals surface area (Å²) in [7, 11) is 0. The quantitative estimate of drug-likeness (QED) is 0.682. The van der Waals surface area contributed by atoms with Crippen LogP contribution >= 0.6 is 15.9 Å². The minimum absolute atomic E-state index is 0.160. The van der Waals surface area contributed by atoms with Gasteiger partial charge in [-0.15, -0.1) is 0 Å². The zero-order chi connectivity index (χ0) is 13.8. The smallest absolute Gasteiger partial charge is 0.123 e. The molecule has 0 aliphatic heterocycles. The Morgan fingerprint density at radius 1 is 1.05 bits per heavy atom. The fourth-order valence-electron chi connectivity index (χ4n) is 2.45. The van der Waals surface area contributed by atoms with Gasteiger partial charge < -0.3 is 0 Å². The highest BCUT2D eigenvalue weighted by Gasteiger charge is 2.14. The highest BCUT2D eigenvalue weighted by molar-refractivity contribution is 9.09. The predicted molar refractivity (Wildman–Crippen MR) is 82.6 cm³/mol. The number of aryl methyl sites for hydroxylation is 2. The molecule has 0 aromatic heterocycles. The van der Waals surface area contributed by atoms with Gasteiger partial charge in [0.25, 0.3) is 0 Å². The van der Waals surface area contributed by atoms with Gasteiger partial charge in [-0.3, -0.25) is 0 Å². The van der Waals surface area contributed by atoms with E-state index < -0.39 is 0 Å². The Morgan fingerprint density at radius 3 is 2.42 bits per heavy atom. The standard InChI is InChI=1S/C17H18BrF/c1-12-5-3-4-6-17(12)15(11-18)10-14-7-8-16(19)9-13(14)2/h3-9,15H,10-11H2,1-2H3. The van der Waals surface area contributed by atoms with E-state index in [1.165, 1.54) is 16.7 Å². The second-order valence-corrected chi connectivity index (χ2v) is 5.63. The van der Waals surface area contributed by atoms with Gasteiger partial charge in [0, 0.05) is 5.33 Å². The summed E-state index contributed by atoms with van der Waals surface area (Å²) in [6.45, 7) is 4.12. The van der Waals surface area contributed by atoms with Crippen LogP contribution in [0.25, 0.3) is 0 Å². The molecule has 0 saturated heterocycles. The molecule has 0 aliphatic rings. The summed E-state index contributed by atoms with van der Waals surface area (Å²) in [5.74, 6) is 0.262. The maximum absolute atomic E-state index is 13.1. The Kier molecular flexibility index (Phi) is 4.76. The molecule has 0 fully saturated rings. The van der Waals surface area contributed by atoms with Crippen LogP contribution in [0.15, 0.2) is 42.5 Å². The van der Waals surface area contributed by atoms with Crippen molar-refractivity contribution in [1.82, 2.24) is 0 Å². The lowest BCUT2D eigenvalue weighted by molar-refractivity contribution is 0.624. The second-order valence-electron chi connectivity index (χ2n) is 4.98. The van der Waals surface area contributed by atoms with E-state index in [1.807, 2.05) is 13.0 Å². The Morgan fingerprint density at radius 2 is 1.79 bits per heavy atom. The first-order valence-electron chi connectivity index (χ1n) is 6.48. The number of alkyl halides is 1. The highest BCUT2D eigenvalue weighted by Crippen LogP contribution is 2.27. The van der Waals surface area contributed by atoms with Gasteiger partial charge in [0.1, 0.15) is 5.82 Å². The minimum atomic E-state index is -0.160. The summed E-state index contributed by atoms with van der Waals surface area (Å²) in [6, 6.07) is 13.5. The molecule has 1 atom stereocenters. The van der Waals surface area contributed by atoms with Crippen LogP contribution in [0.2, 0.25) is 0 Å². The molecule has 0 N–H and O–H groups in total. The molecule has 0 nitrogen and oxygen atoms in total. The molecule has 2 heteroatoms. The summed E-state index contributed by atoms with van der Waals surface area (Å²) in [4.78, 5) is 0. The average molecular weight is 321 g/mol. The summed E-state index contributed by atoms with van der Waals surface area (Å²) in [5.41, 5.74) is 4.92. The Balaban J connectivity index is 2.27. The van der Waals surface area contributed by atoms with Crippen LogP contribution in [-0.2, 0) is 6.42 Å². The van der Waals surface area contributed by atoms with Crippen molar-refractivity contribution in [3.63, 3.8) is 0 Å². The molecular formula is C17H18BrF. The molecule has 0 amide bonds. The van der Waals surface area contributed by atoms with Crippen molar-refractivity contribution in [2.45, 2.75) is 26.2 Å². The first-order chi connectivity index (χ1) is 9.11. The Bertz CT molecular complexity index is 563. The maximum atomic E-state index is 13.1. The van der Waals surface area contributed by atoms with E-state index in [0.29, 0.717) is 5.92 Å². The molecule has 0 bridgehead atoms. The Hall–Kier alpha value is -1.15. The number of rotatable bonds is 4. The number of benzene rings is 2. The van der Waals surface area contributed by atoms with Crippen molar-refractivity contribution < 1.29 is 4.39 Å². The van der Waals surface area contributed by atoms with Crippen LogP contribution in [0, 0.1) is 19.7 Å². The van der Waals surface area contributed by atoms with Gasteiger partial charge in [-0.05, 0) is 60.6 Å². The van der Waals surface area contributed by atoms with Gasteiger partial charge in [-0.2, -0.15) is 0 Å². The third kappa shape index (κ3) is 3.44. The van der Waals surface area contributed by atoms with Crippen LogP contribution in [0.1, 0.15) is 28.2 Å². The fourth-order valence-corrected chi connectivity index (χ4v) is 3.02. The molecule has 0 radical (unpaired) electrons. The molecule has 0 spiro atoms. The largest absolute Gasteiger partial charge is 0.207 e. The van der Waals surface area contributed by atoms with E-state index in [-0.39, 0.29) is 5.82 Å². The van der Waals surface area contributed by atoms with Crippen LogP contribution in [0.5, 0.6) is 0 Å². The SMILES string of the molecule is Cc1cc(F)ccc1CC(CBr)c1ccccc1C. The van der Waals surface area contributed by atoms with Crippen molar-refractivity contribution in [2.24, 2.45) is 0 Å². The average Bonchev–Trinajstić information content (AvgIpc) is 2.39. The maximum Gasteiger partial charge on any atom is 0.123 e. The van der Waals surface area contributed by atoms with Crippen LogP contribution in [0.4, 0.5) is 4.39 Å².